The molecule has 0 aromatic heterocycles. The second-order valence-electron chi connectivity index (χ2n) is 5.55. The maximum atomic E-state index is 13.9. The standard InChI is InChI=1S/C13H18FN3O3S/c1-13(2)12(18)16(3)6-7-17(13)21(19,20)11-8-9(15)4-5-10(11)14/h4-5,8H,6-7,15H2,1-3H3. The molecule has 0 atom stereocenters. The molecule has 1 saturated heterocycles. The van der Waals surface area contributed by atoms with Crippen LogP contribution in [-0.4, -0.2) is 49.2 Å². The number of amides is 1. The highest BCUT2D eigenvalue weighted by Crippen LogP contribution is 2.30. The molecule has 8 heteroatoms. The number of benzene rings is 1. The molecule has 2 N–H and O–H groups in total. The van der Waals surface area contributed by atoms with Gasteiger partial charge in [0.15, 0.2) is 0 Å². The monoisotopic (exact) mass is 315 g/mol. The van der Waals surface area contributed by atoms with Crippen LogP contribution in [0.4, 0.5) is 10.1 Å². The summed E-state index contributed by atoms with van der Waals surface area (Å²) < 4.78 is 40.3. The Morgan fingerprint density at radius 2 is 1.90 bits per heavy atom. The van der Waals surface area contributed by atoms with Gasteiger partial charge in [-0.1, -0.05) is 0 Å². The van der Waals surface area contributed by atoms with E-state index in [0.29, 0.717) is 0 Å². The normalized spacial score (nSPS) is 19.8. The van der Waals surface area contributed by atoms with Crippen LogP contribution in [0.25, 0.3) is 0 Å². The Hall–Kier alpha value is -1.67. The highest BCUT2D eigenvalue weighted by molar-refractivity contribution is 7.89. The largest absolute Gasteiger partial charge is 0.399 e. The van der Waals surface area contributed by atoms with Crippen LogP contribution in [0.5, 0.6) is 0 Å². The number of hydrogen-bond acceptors (Lipinski definition) is 4. The lowest BCUT2D eigenvalue weighted by Gasteiger charge is -2.43. The second kappa shape index (κ2) is 4.96. The number of sulfonamides is 1. The Morgan fingerprint density at radius 3 is 2.52 bits per heavy atom. The van der Waals surface area contributed by atoms with Crippen LogP contribution < -0.4 is 5.73 Å². The summed E-state index contributed by atoms with van der Waals surface area (Å²) >= 11 is 0. The fraction of sp³-hybridized carbons (Fsp3) is 0.462. The lowest BCUT2D eigenvalue weighted by molar-refractivity contribution is -0.142. The third-order valence-corrected chi connectivity index (χ3v) is 5.74. The number of piperazine rings is 1. The minimum Gasteiger partial charge on any atom is -0.399 e. The zero-order valence-electron chi connectivity index (χ0n) is 12.1. The summed E-state index contributed by atoms with van der Waals surface area (Å²) in [6.45, 7) is 3.37. The molecule has 21 heavy (non-hydrogen) atoms. The molecule has 1 heterocycles. The summed E-state index contributed by atoms with van der Waals surface area (Å²) in [5.74, 6) is -1.21. The molecule has 1 aromatic rings. The van der Waals surface area contributed by atoms with Crippen molar-refractivity contribution in [2.45, 2.75) is 24.3 Å². The lowest BCUT2D eigenvalue weighted by atomic mass is 10.0. The summed E-state index contributed by atoms with van der Waals surface area (Å²) in [6, 6.07) is 3.37. The highest BCUT2D eigenvalue weighted by atomic mass is 32.2. The second-order valence-corrected chi connectivity index (χ2v) is 7.38. The first-order chi connectivity index (χ1) is 9.58. The molecular weight excluding hydrogens is 297 g/mol. The van der Waals surface area contributed by atoms with E-state index >= 15 is 0 Å². The summed E-state index contributed by atoms with van der Waals surface area (Å²) in [5, 5.41) is 0. The van der Waals surface area contributed by atoms with Gasteiger partial charge < -0.3 is 10.6 Å². The molecule has 0 spiro atoms. The van der Waals surface area contributed by atoms with Gasteiger partial charge >= 0.3 is 0 Å². The zero-order valence-corrected chi connectivity index (χ0v) is 12.9. The molecule has 1 amide bonds. The van der Waals surface area contributed by atoms with Gasteiger partial charge in [0.05, 0.1) is 0 Å². The number of carbonyl (C=O) groups is 1. The van der Waals surface area contributed by atoms with Crippen LogP contribution in [-0.2, 0) is 14.8 Å². The molecule has 0 unspecified atom stereocenters. The van der Waals surface area contributed by atoms with E-state index in [2.05, 4.69) is 0 Å². The summed E-state index contributed by atoms with van der Waals surface area (Å²) in [4.78, 5) is 13.1. The van der Waals surface area contributed by atoms with Crippen LogP contribution in [0.2, 0.25) is 0 Å². The quantitative estimate of drug-likeness (QED) is 0.812. The fourth-order valence-electron chi connectivity index (χ4n) is 2.45. The van der Waals surface area contributed by atoms with Gasteiger partial charge in [0.25, 0.3) is 0 Å². The smallest absolute Gasteiger partial charge is 0.247 e. The van der Waals surface area contributed by atoms with E-state index in [0.717, 1.165) is 16.4 Å². The maximum absolute atomic E-state index is 13.9. The van der Waals surface area contributed by atoms with Gasteiger partial charge in [0, 0.05) is 25.8 Å². The van der Waals surface area contributed by atoms with Crippen molar-refractivity contribution in [3.8, 4) is 0 Å². The van der Waals surface area contributed by atoms with E-state index in [1.54, 1.807) is 7.05 Å². The molecule has 6 nitrogen and oxygen atoms in total. The molecule has 0 radical (unpaired) electrons. The summed E-state index contributed by atoms with van der Waals surface area (Å²) in [5.41, 5.74) is 4.42. The molecule has 0 aliphatic carbocycles. The number of nitrogen functional groups attached to an aromatic ring is 1. The molecular formula is C13H18FN3O3S. The third kappa shape index (κ3) is 2.49. The van der Waals surface area contributed by atoms with Crippen LogP contribution in [0.3, 0.4) is 0 Å². The van der Waals surface area contributed by atoms with Crippen molar-refractivity contribution < 1.29 is 17.6 Å². The predicted octanol–water partition coefficient (Wildman–Crippen LogP) is 0.649. The third-order valence-electron chi connectivity index (χ3n) is 3.66. The predicted molar refractivity (Wildman–Crippen MR) is 76.4 cm³/mol. The Balaban J connectivity index is 2.54. The average molecular weight is 315 g/mol. The number of nitrogens with zero attached hydrogens (tertiary/aromatic N) is 2. The number of halogens is 1. The van der Waals surface area contributed by atoms with Gasteiger partial charge in [0.2, 0.25) is 15.9 Å². The van der Waals surface area contributed by atoms with E-state index in [-0.39, 0.29) is 24.7 Å². The first-order valence-corrected chi connectivity index (χ1v) is 7.86. The fourth-order valence-corrected chi connectivity index (χ4v) is 4.29. The topological polar surface area (TPSA) is 83.7 Å². The van der Waals surface area contributed by atoms with Gasteiger partial charge in [-0.15, -0.1) is 0 Å². The zero-order chi connectivity index (χ0) is 16.0. The number of nitrogens with two attached hydrogens (primary N) is 1. The van der Waals surface area contributed by atoms with Crippen molar-refractivity contribution in [2.75, 3.05) is 25.9 Å². The van der Waals surface area contributed by atoms with Gasteiger partial charge in [-0.3, -0.25) is 4.79 Å². The Kier molecular flexibility index (Phi) is 3.71. The minimum absolute atomic E-state index is 0.103. The average Bonchev–Trinajstić information content (AvgIpc) is 2.38. The van der Waals surface area contributed by atoms with E-state index in [1.165, 1.54) is 24.8 Å². The van der Waals surface area contributed by atoms with Crippen LogP contribution >= 0.6 is 0 Å². The summed E-state index contributed by atoms with van der Waals surface area (Å²) in [6.07, 6.45) is 0. The maximum Gasteiger partial charge on any atom is 0.247 e. The number of rotatable bonds is 2. The molecule has 1 fully saturated rings. The Morgan fingerprint density at radius 1 is 1.29 bits per heavy atom. The van der Waals surface area contributed by atoms with E-state index in [9.17, 15) is 17.6 Å². The molecule has 2 rings (SSSR count). The lowest BCUT2D eigenvalue weighted by Crippen LogP contribution is -2.63. The van der Waals surface area contributed by atoms with Crippen LogP contribution in [0, 0.1) is 5.82 Å². The molecule has 1 aliphatic heterocycles. The van der Waals surface area contributed by atoms with Gasteiger partial charge in [-0.2, -0.15) is 4.31 Å². The minimum atomic E-state index is -4.15. The van der Waals surface area contributed by atoms with Crippen molar-refractivity contribution in [3.05, 3.63) is 24.0 Å². The first kappa shape index (κ1) is 15.7. The van der Waals surface area contributed by atoms with Crippen molar-refractivity contribution in [1.29, 1.82) is 0 Å². The van der Waals surface area contributed by atoms with E-state index < -0.39 is 26.3 Å². The molecule has 1 aromatic carbocycles. The molecule has 116 valence electrons. The van der Waals surface area contributed by atoms with Gasteiger partial charge in [0.1, 0.15) is 16.3 Å². The van der Waals surface area contributed by atoms with Crippen molar-refractivity contribution in [3.63, 3.8) is 0 Å². The molecule has 1 aliphatic rings. The molecule has 0 bridgehead atoms. The number of hydrogen-bond donors (Lipinski definition) is 1. The number of likely N-dealkylation sites (N-methyl/N-ethyl adjacent to an activating group) is 1. The first-order valence-electron chi connectivity index (χ1n) is 6.42. The molecule has 0 saturated carbocycles. The van der Waals surface area contributed by atoms with Crippen molar-refractivity contribution in [1.82, 2.24) is 9.21 Å². The van der Waals surface area contributed by atoms with Gasteiger partial charge in [-0.05, 0) is 32.0 Å². The SMILES string of the molecule is CN1CCN(S(=O)(=O)c2cc(N)ccc2F)C(C)(C)C1=O. The van der Waals surface area contributed by atoms with Gasteiger partial charge in [-0.25, -0.2) is 12.8 Å². The summed E-state index contributed by atoms with van der Waals surface area (Å²) in [7, 11) is -2.54. The van der Waals surface area contributed by atoms with Crippen LogP contribution in [0.1, 0.15) is 13.8 Å². The van der Waals surface area contributed by atoms with Crippen molar-refractivity contribution >= 4 is 21.6 Å². The van der Waals surface area contributed by atoms with E-state index in [1.807, 2.05) is 0 Å². The van der Waals surface area contributed by atoms with Crippen LogP contribution in [0.15, 0.2) is 23.1 Å². The Bertz CT molecular complexity index is 688. The van der Waals surface area contributed by atoms with Crippen molar-refractivity contribution in [2.24, 2.45) is 0 Å². The Labute approximate surface area is 123 Å². The number of carbonyl (C=O) groups excluding carboxylic acids is 1. The highest BCUT2D eigenvalue weighted by Gasteiger charge is 2.47. The number of anilines is 1. The van der Waals surface area contributed by atoms with E-state index in [4.69, 9.17) is 5.73 Å².